The SMILES string of the molecule is CCOC(=O)C(CCCc1ccc(CC)cc1)OS(=O)(=O)C(F)(F)F. The summed E-state index contributed by atoms with van der Waals surface area (Å²) in [7, 11) is -5.87. The van der Waals surface area contributed by atoms with Crippen LogP contribution in [0.4, 0.5) is 13.2 Å². The van der Waals surface area contributed by atoms with E-state index in [1.165, 1.54) is 6.92 Å². The Labute approximate surface area is 145 Å². The number of hydrogen-bond acceptors (Lipinski definition) is 5. The Morgan fingerprint density at radius 3 is 2.16 bits per heavy atom. The predicted molar refractivity (Wildman–Crippen MR) is 85.2 cm³/mol. The molecule has 0 aromatic heterocycles. The van der Waals surface area contributed by atoms with E-state index in [0.29, 0.717) is 6.42 Å². The normalized spacial score (nSPS) is 13.5. The van der Waals surface area contributed by atoms with Crippen molar-refractivity contribution in [2.24, 2.45) is 0 Å². The van der Waals surface area contributed by atoms with Gasteiger partial charge in [0, 0.05) is 0 Å². The highest BCUT2D eigenvalue weighted by Gasteiger charge is 2.49. The smallest absolute Gasteiger partial charge is 0.464 e. The molecule has 0 saturated heterocycles. The van der Waals surface area contributed by atoms with Crippen LogP contribution in [-0.4, -0.2) is 32.6 Å². The number of benzene rings is 1. The second kappa shape index (κ2) is 9.19. The highest BCUT2D eigenvalue weighted by Crippen LogP contribution is 2.27. The Morgan fingerprint density at radius 2 is 1.68 bits per heavy atom. The van der Waals surface area contributed by atoms with Gasteiger partial charge in [-0.2, -0.15) is 21.6 Å². The van der Waals surface area contributed by atoms with Crippen LogP contribution in [0, 0.1) is 0 Å². The van der Waals surface area contributed by atoms with Crippen LogP contribution in [0.1, 0.15) is 37.8 Å². The molecule has 1 aromatic rings. The van der Waals surface area contributed by atoms with E-state index in [1.54, 1.807) is 0 Å². The monoisotopic (exact) mass is 382 g/mol. The Morgan fingerprint density at radius 1 is 1.12 bits per heavy atom. The first kappa shape index (κ1) is 21.4. The minimum Gasteiger partial charge on any atom is -0.464 e. The molecule has 142 valence electrons. The molecule has 1 aromatic carbocycles. The molecule has 1 rings (SSSR count). The number of esters is 1. The zero-order chi connectivity index (χ0) is 19.1. The molecule has 0 saturated carbocycles. The van der Waals surface area contributed by atoms with Gasteiger partial charge in [0.2, 0.25) is 0 Å². The number of carbonyl (C=O) groups is 1. The van der Waals surface area contributed by atoms with Crippen molar-refractivity contribution < 1.29 is 35.3 Å². The average Bonchev–Trinajstić information content (AvgIpc) is 2.53. The molecule has 9 heteroatoms. The fourth-order valence-electron chi connectivity index (χ4n) is 2.08. The molecular formula is C16H21F3O5S. The molecule has 0 radical (unpaired) electrons. The molecule has 0 amide bonds. The van der Waals surface area contributed by atoms with Crippen LogP contribution >= 0.6 is 0 Å². The van der Waals surface area contributed by atoms with Crippen LogP contribution in [0.3, 0.4) is 0 Å². The number of carbonyl (C=O) groups excluding carboxylic acids is 1. The van der Waals surface area contributed by atoms with Crippen LogP contribution in [0.15, 0.2) is 24.3 Å². The largest absolute Gasteiger partial charge is 0.523 e. The number of ether oxygens (including phenoxy) is 1. The van der Waals surface area contributed by atoms with E-state index < -0.39 is 27.7 Å². The van der Waals surface area contributed by atoms with Gasteiger partial charge in [-0.25, -0.2) is 8.98 Å². The topological polar surface area (TPSA) is 69.7 Å². The predicted octanol–water partition coefficient (Wildman–Crippen LogP) is 3.37. The fraction of sp³-hybridized carbons (Fsp3) is 0.562. The molecule has 0 fully saturated rings. The lowest BCUT2D eigenvalue weighted by molar-refractivity contribution is -0.152. The first-order chi connectivity index (χ1) is 11.6. The minimum atomic E-state index is -5.87. The van der Waals surface area contributed by atoms with Gasteiger partial charge in [0.15, 0.2) is 6.10 Å². The molecule has 0 aliphatic heterocycles. The first-order valence-electron chi connectivity index (χ1n) is 7.84. The van der Waals surface area contributed by atoms with Gasteiger partial charge in [0.1, 0.15) is 0 Å². The lowest BCUT2D eigenvalue weighted by atomic mass is 10.0. The Bertz CT molecular complexity index is 653. The molecule has 1 unspecified atom stereocenters. The Balaban J connectivity index is 2.72. The lowest BCUT2D eigenvalue weighted by Gasteiger charge is -2.17. The molecular weight excluding hydrogens is 361 g/mol. The van der Waals surface area contributed by atoms with E-state index in [2.05, 4.69) is 8.92 Å². The highest BCUT2D eigenvalue weighted by molar-refractivity contribution is 7.87. The van der Waals surface area contributed by atoms with Crippen molar-refractivity contribution in [2.45, 2.75) is 51.1 Å². The fourth-order valence-corrected chi connectivity index (χ4v) is 2.67. The second-order valence-electron chi connectivity index (χ2n) is 5.30. The van der Waals surface area contributed by atoms with Gasteiger partial charge in [-0.15, -0.1) is 0 Å². The number of rotatable bonds is 9. The summed E-state index contributed by atoms with van der Waals surface area (Å²) in [6, 6.07) is 7.63. The minimum absolute atomic E-state index is 0.0940. The highest BCUT2D eigenvalue weighted by atomic mass is 32.2. The molecule has 0 aliphatic rings. The van der Waals surface area contributed by atoms with Crippen LogP contribution in [-0.2, 0) is 36.7 Å². The van der Waals surface area contributed by atoms with E-state index >= 15 is 0 Å². The first-order valence-corrected chi connectivity index (χ1v) is 9.25. The van der Waals surface area contributed by atoms with Crippen molar-refractivity contribution in [2.75, 3.05) is 6.61 Å². The van der Waals surface area contributed by atoms with Gasteiger partial charge >= 0.3 is 21.6 Å². The zero-order valence-electron chi connectivity index (χ0n) is 14.0. The van der Waals surface area contributed by atoms with Crippen LogP contribution in [0.5, 0.6) is 0 Å². The maximum absolute atomic E-state index is 12.4. The van der Waals surface area contributed by atoms with E-state index in [9.17, 15) is 26.4 Å². The van der Waals surface area contributed by atoms with Crippen molar-refractivity contribution in [3.05, 3.63) is 35.4 Å². The molecule has 5 nitrogen and oxygen atoms in total. The van der Waals surface area contributed by atoms with Crippen molar-refractivity contribution in [1.29, 1.82) is 0 Å². The molecule has 0 spiro atoms. The van der Waals surface area contributed by atoms with Crippen LogP contribution in [0.25, 0.3) is 0 Å². The standard InChI is InChI=1S/C16H21F3O5S/c1-3-12-8-10-13(11-9-12)6-5-7-14(15(20)23-4-2)24-25(21,22)16(17,18)19/h8-11,14H,3-7H2,1-2H3. The van der Waals surface area contributed by atoms with Gasteiger partial charge in [-0.05, 0) is 43.7 Å². The van der Waals surface area contributed by atoms with Gasteiger partial charge in [0.25, 0.3) is 0 Å². The zero-order valence-corrected chi connectivity index (χ0v) is 14.8. The van der Waals surface area contributed by atoms with Crippen LogP contribution in [0.2, 0.25) is 0 Å². The third-order valence-electron chi connectivity index (χ3n) is 3.44. The Kier molecular flexibility index (Phi) is 7.88. The van der Waals surface area contributed by atoms with Crippen molar-refractivity contribution in [1.82, 2.24) is 0 Å². The maximum atomic E-state index is 12.4. The number of halogens is 3. The van der Waals surface area contributed by atoms with Gasteiger partial charge < -0.3 is 4.74 Å². The quantitative estimate of drug-likeness (QED) is 0.372. The summed E-state index contributed by atoms with van der Waals surface area (Å²) in [6.07, 6.45) is -0.406. The molecule has 1 atom stereocenters. The van der Waals surface area contributed by atoms with E-state index in [0.717, 1.165) is 17.5 Å². The molecule has 0 aliphatic carbocycles. The van der Waals surface area contributed by atoms with Gasteiger partial charge in [0.05, 0.1) is 6.61 Å². The summed E-state index contributed by atoms with van der Waals surface area (Å²) in [5.74, 6) is -1.13. The lowest BCUT2D eigenvalue weighted by Crippen LogP contribution is -2.35. The van der Waals surface area contributed by atoms with E-state index in [-0.39, 0.29) is 19.4 Å². The average molecular weight is 382 g/mol. The molecule has 0 bridgehead atoms. The van der Waals surface area contributed by atoms with Gasteiger partial charge in [-0.1, -0.05) is 31.2 Å². The molecule has 0 heterocycles. The maximum Gasteiger partial charge on any atom is 0.523 e. The summed E-state index contributed by atoms with van der Waals surface area (Å²) in [5, 5.41) is 0. The number of hydrogen-bond donors (Lipinski definition) is 0. The second-order valence-corrected chi connectivity index (χ2v) is 6.86. The summed E-state index contributed by atoms with van der Waals surface area (Å²) < 4.78 is 68.2. The third-order valence-corrected chi connectivity index (χ3v) is 4.49. The summed E-state index contributed by atoms with van der Waals surface area (Å²) in [6.45, 7) is 3.38. The molecule has 25 heavy (non-hydrogen) atoms. The van der Waals surface area contributed by atoms with Crippen LogP contribution < -0.4 is 0 Å². The third kappa shape index (κ3) is 6.66. The van der Waals surface area contributed by atoms with Crippen molar-refractivity contribution in [3.63, 3.8) is 0 Å². The van der Waals surface area contributed by atoms with E-state index in [1.807, 2.05) is 31.2 Å². The summed E-state index contributed by atoms with van der Waals surface area (Å²) >= 11 is 0. The Hall–Kier alpha value is -1.61. The summed E-state index contributed by atoms with van der Waals surface area (Å²) in [5.41, 5.74) is -3.51. The molecule has 0 N–H and O–H groups in total. The van der Waals surface area contributed by atoms with E-state index in [4.69, 9.17) is 0 Å². The number of aryl methyl sites for hydroxylation is 2. The van der Waals surface area contributed by atoms with Gasteiger partial charge in [-0.3, -0.25) is 0 Å². The number of alkyl halides is 3. The summed E-state index contributed by atoms with van der Waals surface area (Å²) in [4.78, 5) is 11.7. The van der Waals surface area contributed by atoms with Crippen molar-refractivity contribution in [3.8, 4) is 0 Å². The van der Waals surface area contributed by atoms with Crippen molar-refractivity contribution >= 4 is 16.1 Å².